The van der Waals surface area contributed by atoms with Crippen LogP contribution in [0, 0.1) is 6.92 Å². The van der Waals surface area contributed by atoms with Gasteiger partial charge in [-0.25, -0.2) is 8.78 Å². The average molecular weight is 200 g/mol. The fraction of sp³-hybridized carbons (Fsp3) is 0.333. The first-order valence-corrected chi connectivity index (χ1v) is 4.03. The van der Waals surface area contributed by atoms with Crippen molar-refractivity contribution in [2.24, 2.45) is 5.73 Å². The third-order valence-electron chi connectivity index (χ3n) is 2.07. The minimum atomic E-state index is -2.70. The Labute approximate surface area is 79.9 Å². The molecule has 0 unspecified atom stereocenters. The number of halogens is 2. The second-order valence-electron chi connectivity index (χ2n) is 2.83. The number of rotatable bonds is 3. The molecule has 0 saturated carbocycles. The molecule has 3 nitrogen and oxygen atoms in total. The summed E-state index contributed by atoms with van der Waals surface area (Å²) < 4.78 is 25.1. The van der Waals surface area contributed by atoms with Gasteiger partial charge < -0.3 is 5.73 Å². The lowest BCUT2D eigenvalue weighted by molar-refractivity contribution is 0.110. The van der Waals surface area contributed by atoms with Gasteiger partial charge in [0.15, 0.2) is 6.29 Å². The minimum Gasteiger partial charge on any atom is -0.326 e. The SMILES string of the molecule is Cc1c(CN)cnc(C=O)c1C(F)F. The van der Waals surface area contributed by atoms with E-state index in [0.717, 1.165) is 0 Å². The molecule has 0 radical (unpaired) electrons. The summed E-state index contributed by atoms with van der Waals surface area (Å²) in [5, 5.41) is 0. The van der Waals surface area contributed by atoms with E-state index in [1.54, 1.807) is 0 Å². The maximum absolute atomic E-state index is 12.6. The second kappa shape index (κ2) is 4.23. The van der Waals surface area contributed by atoms with Gasteiger partial charge >= 0.3 is 0 Å². The number of alkyl halides is 2. The fourth-order valence-electron chi connectivity index (χ4n) is 1.25. The molecule has 0 spiro atoms. The zero-order chi connectivity index (χ0) is 10.7. The maximum atomic E-state index is 12.6. The van der Waals surface area contributed by atoms with E-state index >= 15 is 0 Å². The van der Waals surface area contributed by atoms with E-state index in [2.05, 4.69) is 4.98 Å². The highest BCUT2D eigenvalue weighted by Gasteiger charge is 2.18. The van der Waals surface area contributed by atoms with E-state index in [-0.39, 0.29) is 17.8 Å². The van der Waals surface area contributed by atoms with Crippen LogP contribution < -0.4 is 5.73 Å². The molecule has 5 heteroatoms. The minimum absolute atomic E-state index is 0.137. The summed E-state index contributed by atoms with van der Waals surface area (Å²) in [6.07, 6.45) is -1.02. The summed E-state index contributed by atoms with van der Waals surface area (Å²) in [6.45, 7) is 1.65. The Morgan fingerprint density at radius 2 is 2.29 bits per heavy atom. The summed E-state index contributed by atoms with van der Waals surface area (Å²) in [4.78, 5) is 14.1. The fourth-order valence-corrected chi connectivity index (χ4v) is 1.25. The molecule has 2 N–H and O–H groups in total. The first-order valence-electron chi connectivity index (χ1n) is 4.03. The third kappa shape index (κ3) is 1.77. The highest BCUT2D eigenvalue weighted by Crippen LogP contribution is 2.26. The van der Waals surface area contributed by atoms with E-state index in [0.29, 0.717) is 17.4 Å². The van der Waals surface area contributed by atoms with E-state index in [1.165, 1.54) is 13.1 Å². The number of nitrogens with zero attached hydrogens (tertiary/aromatic N) is 1. The van der Waals surface area contributed by atoms with Gasteiger partial charge in [-0.2, -0.15) is 0 Å². The van der Waals surface area contributed by atoms with Crippen molar-refractivity contribution in [3.8, 4) is 0 Å². The van der Waals surface area contributed by atoms with Crippen molar-refractivity contribution >= 4 is 6.29 Å². The van der Waals surface area contributed by atoms with Gasteiger partial charge in [0.2, 0.25) is 0 Å². The normalized spacial score (nSPS) is 10.6. The van der Waals surface area contributed by atoms with Gasteiger partial charge in [0.25, 0.3) is 6.43 Å². The molecule has 1 rings (SSSR count). The van der Waals surface area contributed by atoms with Gasteiger partial charge in [0.05, 0.1) is 5.56 Å². The molecule has 0 amide bonds. The van der Waals surface area contributed by atoms with Crippen LogP contribution in [0.15, 0.2) is 6.20 Å². The Morgan fingerprint density at radius 1 is 1.64 bits per heavy atom. The molecule has 1 aromatic heterocycles. The molecule has 0 aliphatic rings. The van der Waals surface area contributed by atoms with Crippen LogP contribution in [0.25, 0.3) is 0 Å². The average Bonchev–Trinajstić information content (AvgIpc) is 2.16. The van der Waals surface area contributed by atoms with Crippen molar-refractivity contribution in [2.75, 3.05) is 0 Å². The Morgan fingerprint density at radius 3 is 2.71 bits per heavy atom. The van der Waals surface area contributed by atoms with E-state index in [9.17, 15) is 13.6 Å². The number of pyridine rings is 1. The van der Waals surface area contributed by atoms with Crippen LogP contribution in [0.2, 0.25) is 0 Å². The highest BCUT2D eigenvalue weighted by atomic mass is 19.3. The summed E-state index contributed by atoms with van der Waals surface area (Å²) >= 11 is 0. The van der Waals surface area contributed by atoms with Crippen LogP contribution in [-0.2, 0) is 6.54 Å². The van der Waals surface area contributed by atoms with Gasteiger partial charge in [0.1, 0.15) is 5.69 Å². The molecule has 0 aromatic carbocycles. The van der Waals surface area contributed by atoms with Crippen molar-refractivity contribution in [2.45, 2.75) is 19.9 Å². The highest BCUT2D eigenvalue weighted by molar-refractivity contribution is 5.75. The molecule has 0 bridgehead atoms. The number of aldehydes is 1. The Kier molecular flexibility index (Phi) is 3.24. The van der Waals surface area contributed by atoms with E-state index < -0.39 is 6.43 Å². The number of carbonyl (C=O) groups is 1. The Bertz CT molecular complexity index is 353. The van der Waals surface area contributed by atoms with Gasteiger partial charge in [0, 0.05) is 12.7 Å². The molecule has 0 fully saturated rings. The predicted octanol–water partition coefficient (Wildman–Crippen LogP) is 1.60. The molecule has 0 atom stereocenters. The van der Waals surface area contributed by atoms with Gasteiger partial charge in [-0.1, -0.05) is 0 Å². The second-order valence-corrected chi connectivity index (χ2v) is 2.83. The van der Waals surface area contributed by atoms with Crippen LogP contribution in [0.5, 0.6) is 0 Å². The molecular formula is C9H10F2N2O. The predicted molar refractivity (Wildman–Crippen MR) is 47.2 cm³/mol. The van der Waals surface area contributed by atoms with Crippen molar-refractivity contribution in [3.05, 3.63) is 28.6 Å². The summed E-state index contributed by atoms with van der Waals surface area (Å²) in [5.41, 5.74) is 5.69. The van der Waals surface area contributed by atoms with Crippen molar-refractivity contribution < 1.29 is 13.6 Å². The number of nitrogens with two attached hydrogens (primary N) is 1. The molecule has 1 aromatic rings. The number of hydrogen-bond acceptors (Lipinski definition) is 3. The Balaban J connectivity index is 3.38. The number of hydrogen-bond donors (Lipinski definition) is 1. The standard InChI is InChI=1S/C9H10F2N2O/c1-5-6(2-12)3-13-7(4-14)8(5)9(10)11/h3-4,9H,2,12H2,1H3. The summed E-state index contributed by atoms with van der Waals surface area (Å²) in [6, 6.07) is 0. The van der Waals surface area contributed by atoms with Gasteiger partial charge in [-0.15, -0.1) is 0 Å². The van der Waals surface area contributed by atoms with E-state index in [4.69, 9.17) is 5.73 Å². The van der Waals surface area contributed by atoms with Crippen LogP contribution in [0.4, 0.5) is 8.78 Å². The largest absolute Gasteiger partial charge is 0.326 e. The monoisotopic (exact) mass is 200 g/mol. The number of carbonyl (C=O) groups excluding carboxylic acids is 1. The summed E-state index contributed by atoms with van der Waals surface area (Å²) in [7, 11) is 0. The van der Waals surface area contributed by atoms with Crippen LogP contribution in [0.1, 0.15) is 33.6 Å². The van der Waals surface area contributed by atoms with Gasteiger partial charge in [-0.3, -0.25) is 9.78 Å². The molecule has 0 saturated heterocycles. The lowest BCUT2D eigenvalue weighted by atomic mass is 10.0. The van der Waals surface area contributed by atoms with E-state index in [1.807, 2.05) is 0 Å². The lowest BCUT2D eigenvalue weighted by Crippen LogP contribution is -2.07. The smallest absolute Gasteiger partial charge is 0.266 e. The van der Waals surface area contributed by atoms with Crippen LogP contribution in [-0.4, -0.2) is 11.3 Å². The first kappa shape index (κ1) is 10.7. The Hall–Kier alpha value is -1.36. The van der Waals surface area contributed by atoms with Crippen molar-refractivity contribution in [3.63, 3.8) is 0 Å². The molecule has 1 heterocycles. The first-order chi connectivity index (χ1) is 6.61. The molecular weight excluding hydrogens is 190 g/mol. The van der Waals surface area contributed by atoms with Gasteiger partial charge in [-0.05, 0) is 18.1 Å². The van der Waals surface area contributed by atoms with Crippen LogP contribution >= 0.6 is 0 Å². The molecule has 0 aliphatic carbocycles. The molecule has 14 heavy (non-hydrogen) atoms. The topological polar surface area (TPSA) is 56.0 Å². The lowest BCUT2D eigenvalue weighted by Gasteiger charge is -2.10. The van der Waals surface area contributed by atoms with Crippen molar-refractivity contribution in [1.29, 1.82) is 0 Å². The molecule has 76 valence electrons. The maximum Gasteiger partial charge on any atom is 0.266 e. The summed E-state index contributed by atoms with van der Waals surface area (Å²) in [5.74, 6) is 0. The third-order valence-corrected chi connectivity index (χ3v) is 2.07. The number of aromatic nitrogens is 1. The van der Waals surface area contributed by atoms with Crippen molar-refractivity contribution in [1.82, 2.24) is 4.98 Å². The zero-order valence-corrected chi connectivity index (χ0v) is 7.63. The molecule has 0 aliphatic heterocycles. The quantitative estimate of drug-likeness (QED) is 0.754. The van der Waals surface area contributed by atoms with Crippen LogP contribution in [0.3, 0.4) is 0 Å². The zero-order valence-electron chi connectivity index (χ0n) is 7.63.